The van der Waals surface area contributed by atoms with Crippen LogP contribution in [0, 0.1) is 0 Å². The minimum atomic E-state index is -0.215. The molecule has 14 heavy (non-hydrogen) atoms. The zero-order valence-corrected chi connectivity index (χ0v) is 9.40. The Morgan fingerprint density at radius 2 is 2.29 bits per heavy atom. The van der Waals surface area contributed by atoms with Crippen molar-refractivity contribution in [3.05, 3.63) is 34.3 Å². The van der Waals surface area contributed by atoms with Gasteiger partial charge in [0.2, 0.25) is 0 Å². The molecule has 1 aliphatic heterocycles. The molecule has 0 aromatic heterocycles. The predicted molar refractivity (Wildman–Crippen MR) is 58.1 cm³/mol. The van der Waals surface area contributed by atoms with E-state index in [2.05, 4.69) is 15.9 Å². The van der Waals surface area contributed by atoms with Crippen LogP contribution < -0.4 is 0 Å². The molecule has 2 rings (SSSR count). The van der Waals surface area contributed by atoms with Crippen LogP contribution in [0.4, 0.5) is 0 Å². The third kappa shape index (κ3) is 2.35. The molecule has 0 spiro atoms. The molecule has 1 aromatic carbocycles. The van der Waals surface area contributed by atoms with Gasteiger partial charge in [0.25, 0.3) is 0 Å². The number of halogens is 1. The first kappa shape index (κ1) is 10.1. The predicted octanol–water partition coefficient (Wildman–Crippen LogP) is 2.66. The van der Waals surface area contributed by atoms with Crippen LogP contribution in [0.2, 0.25) is 0 Å². The molecular formula is C11H13BrO2. The molecule has 0 unspecified atom stereocenters. The van der Waals surface area contributed by atoms with Crippen LogP contribution in [-0.4, -0.2) is 17.8 Å². The SMILES string of the molecule is O[C@@H]1CCO[C@H](c2cccc(Br)c2)C1. The second-order valence-electron chi connectivity index (χ2n) is 3.59. The van der Waals surface area contributed by atoms with Crippen LogP contribution in [0.15, 0.2) is 28.7 Å². The maximum atomic E-state index is 9.52. The topological polar surface area (TPSA) is 29.5 Å². The van der Waals surface area contributed by atoms with Crippen molar-refractivity contribution in [2.24, 2.45) is 0 Å². The Morgan fingerprint density at radius 3 is 3.00 bits per heavy atom. The standard InChI is InChI=1S/C11H13BrO2/c12-9-3-1-2-8(6-9)11-7-10(13)4-5-14-11/h1-3,6,10-11,13H,4-5,7H2/t10-,11+/m1/s1. The number of hydrogen-bond acceptors (Lipinski definition) is 2. The Bertz CT molecular complexity index is 314. The molecule has 1 aliphatic rings. The monoisotopic (exact) mass is 256 g/mol. The van der Waals surface area contributed by atoms with Gasteiger partial charge in [-0.05, 0) is 24.1 Å². The molecule has 1 aromatic rings. The maximum Gasteiger partial charge on any atom is 0.0849 e. The van der Waals surface area contributed by atoms with E-state index in [1.54, 1.807) is 0 Å². The zero-order chi connectivity index (χ0) is 9.97. The van der Waals surface area contributed by atoms with E-state index in [4.69, 9.17) is 4.74 Å². The van der Waals surface area contributed by atoms with Crippen molar-refractivity contribution in [2.75, 3.05) is 6.61 Å². The van der Waals surface area contributed by atoms with Crippen molar-refractivity contribution in [1.82, 2.24) is 0 Å². The van der Waals surface area contributed by atoms with Crippen molar-refractivity contribution in [3.63, 3.8) is 0 Å². The molecule has 1 N–H and O–H groups in total. The second-order valence-corrected chi connectivity index (χ2v) is 4.51. The first-order valence-electron chi connectivity index (χ1n) is 4.81. The number of aliphatic hydroxyl groups is 1. The summed E-state index contributed by atoms with van der Waals surface area (Å²) in [6, 6.07) is 8.06. The van der Waals surface area contributed by atoms with Gasteiger partial charge >= 0.3 is 0 Å². The molecule has 1 saturated heterocycles. The van der Waals surface area contributed by atoms with Crippen LogP contribution in [0.1, 0.15) is 24.5 Å². The normalized spacial score (nSPS) is 27.6. The minimum Gasteiger partial charge on any atom is -0.393 e. The molecule has 0 saturated carbocycles. The third-order valence-electron chi connectivity index (χ3n) is 2.48. The van der Waals surface area contributed by atoms with Crippen LogP contribution in [-0.2, 0) is 4.74 Å². The highest BCUT2D eigenvalue weighted by atomic mass is 79.9. The fourth-order valence-electron chi connectivity index (χ4n) is 1.72. The van der Waals surface area contributed by atoms with E-state index in [1.807, 2.05) is 24.3 Å². The maximum absolute atomic E-state index is 9.52. The molecule has 76 valence electrons. The van der Waals surface area contributed by atoms with Crippen molar-refractivity contribution < 1.29 is 9.84 Å². The average Bonchev–Trinajstić information content (AvgIpc) is 2.18. The molecule has 3 heteroatoms. The van der Waals surface area contributed by atoms with Crippen molar-refractivity contribution in [2.45, 2.75) is 25.0 Å². The lowest BCUT2D eigenvalue weighted by atomic mass is 10.00. The molecule has 0 bridgehead atoms. The summed E-state index contributed by atoms with van der Waals surface area (Å²) in [6.45, 7) is 0.651. The van der Waals surface area contributed by atoms with Gasteiger partial charge in [0.15, 0.2) is 0 Å². The molecule has 0 radical (unpaired) electrons. The third-order valence-corrected chi connectivity index (χ3v) is 2.97. The Kier molecular flexibility index (Phi) is 3.21. The van der Waals surface area contributed by atoms with Gasteiger partial charge in [0.05, 0.1) is 12.2 Å². The summed E-state index contributed by atoms with van der Waals surface area (Å²) in [5, 5.41) is 9.52. The Hall–Kier alpha value is -0.380. The van der Waals surface area contributed by atoms with Gasteiger partial charge in [-0.15, -0.1) is 0 Å². The smallest absolute Gasteiger partial charge is 0.0849 e. The van der Waals surface area contributed by atoms with Gasteiger partial charge in [-0.25, -0.2) is 0 Å². The molecule has 2 atom stereocenters. The van der Waals surface area contributed by atoms with Crippen LogP contribution in [0.5, 0.6) is 0 Å². The Balaban J connectivity index is 2.14. The summed E-state index contributed by atoms with van der Waals surface area (Å²) in [5.74, 6) is 0. The molecule has 0 amide bonds. The fraction of sp³-hybridized carbons (Fsp3) is 0.455. The molecule has 2 nitrogen and oxygen atoms in total. The summed E-state index contributed by atoms with van der Waals surface area (Å²) in [4.78, 5) is 0. The van der Waals surface area contributed by atoms with Crippen LogP contribution in [0.25, 0.3) is 0 Å². The quantitative estimate of drug-likeness (QED) is 0.838. The van der Waals surface area contributed by atoms with E-state index in [0.29, 0.717) is 13.0 Å². The minimum absolute atomic E-state index is 0.0521. The summed E-state index contributed by atoms with van der Waals surface area (Å²) in [6.07, 6.45) is 1.30. The lowest BCUT2D eigenvalue weighted by Crippen LogP contribution is -2.23. The van der Waals surface area contributed by atoms with Gasteiger partial charge < -0.3 is 9.84 Å². The van der Waals surface area contributed by atoms with Gasteiger partial charge in [-0.3, -0.25) is 0 Å². The highest BCUT2D eigenvalue weighted by Crippen LogP contribution is 2.29. The lowest BCUT2D eigenvalue weighted by molar-refractivity contribution is -0.0448. The van der Waals surface area contributed by atoms with E-state index in [9.17, 15) is 5.11 Å². The summed E-state index contributed by atoms with van der Waals surface area (Å²) in [7, 11) is 0. The van der Waals surface area contributed by atoms with E-state index in [1.165, 1.54) is 0 Å². The average molecular weight is 257 g/mol. The highest BCUT2D eigenvalue weighted by molar-refractivity contribution is 9.10. The zero-order valence-electron chi connectivity index (χ0n) is 7.82. The first-order chi connectivity index (χ1) is 6.75. The van der Waals surface area contributed by atoms with E-state index in [-0.39, 0.29) is 12.2 Å². The van der Waals surface area contributed by atoms with Crippen molar-refractivity contribution in [3.8, 4) is 0 Å². The number of benzene rings is 1. The molecule has 0 aliphatic carbocycles. The Morgan fingerprint density at radius 1 is 1.43 bits per heavy atom. The van der Waals surface area contributed by atoms with Crippen molar-refractivity contribution in [1.29, 1.82) is 0 Å². The number of ether oxygens (including phenoxy) is 1. The molecule has 1 fully saturated rings. The first-order valence-corrected chi connectivity index (χ1v) is 5.60. The van der Waals surface area contributed by atoms with E-state index >= 15 is 0 Å². The van der Waals surface area contributed by atoms with Crippen LogP contribution >= 0.6 is 15.9 Å². The summed E-state index contributed by atoms with van der Waals surface area (Å²) < 4.78 is 6.66. The lowest BCUT2D eigenvalue weighted by Gasteiger charge is -2.26. The van der Waals surface area contributed by atoms with E-state index in [0.717, 1.165) is 16.5 Å². The molecular weight excluding hydrogens is 244 g/mol. The largest absolute Gasteiger partial charge is 0.393 e. The molecule has 1 heterocycles. The van der Waals surface area contributed by atoms with Gasteiger partial charge in [-0.1, -0.05) is 28.1 Å². The van der Waals surface area contributed by atoms with Gasteiger partial charge in [0.1, 0.15) is 0 Å². The summed E-state index contributed by atoms with van der Waals surface area (Å²) >= 11 is 3.43. The highest BCUT2D eigenvalue weighted by Gasteiger charge is 2.21. The Labute approximate surface area is 92.0 Å². The van der Waals surface area contributed by atoms with Gasteiger partial charge in [0, 0.05) is 17.5 Å². The van der Waals surface area contributed by atoms with Crippen LogP contribution in [0.3, 0.4) is 0 Å². The number of hydrogen-bond donors (Lipinski definition) is 1. The van der Waals surface area contributed by atoms with Crippen molar-refractivity contribution >= 4 is 15.9 Å². The fourth-order valence-corrected chi connectivity index (χ4v) is 2.14. The van der Waals surface area contributed by atoms with Gasteiger partial charge in [-0.2, -0.15) is 0 Å². The number of aliphatic hydroxyl groups excluding tert-OH is 1. The summed E-state index contributed by atoms with van der Waals surface area (Å²) in [5.41, 5.74) is 1.14. The number of rotatable bonds is 1. The second kappa shape index (κ2) is 4.43. The van der Waals surface area contributed by atoms with E-state index < -0.39 is 0 Å².